The number of carbonyl (C=O) groups excluding carboxylic acids is 1. The topological polar surface area (TPSA) is 57.3 Å². The summed E-state index contributed by atoms with van der Waals surface area (Å²) in [7, 11) is 0. The Labute approximate surface area is 144 Å². The predicted octanol–water partition coefficient (Wildman–Crippen LogP) is 4.46. The molecule has 2 heterocycles. The molecule has 2 aromatic carbocycles. The highest BCUT2D eigenvalue weighted by Crippen LogP contribution is 2.30. The van der Waals surface area contributed by atoms with Crippen LogP contribution in [0.4, 0.5) is 0 Å². The van der Waals surface area contributed by atoms with E-state index in [2.05, 4.69) is 5.10 Å². The van der Waals surface area contributed by atoms with E-state index in [9.17, 15) is 4.79 Å². The van der Waals surface area contributed by atoms with Crippen LogP contribution in [0.2, 0.25) is 0 Å². The normalized spacial score (nSPS) is 10.9. The third-order valence-electron chi connectivity index (χ3n) is 3.87. The predicted molar refractivity (Wildman–Crippen MR) is 94.7 cm³/mol. The van der Waals surface area contributed by atoms with E-state index in [1.165, 1.54) is 0 Å². The van der Waals surface area contributed by atoms with Crippen LogP contribution in [0.1, 0.15) is 17.4 Å². The Balaban J connectivity index is 1.88. The molecule has 0 fully saturated rings. The molecule has 0 saturated heterocycles. The molecule has 5 nitrogen and oxygen atoms in total. The second-order valence-electron chi connectivity index (χ2n) is 5.53. The molecule has 2 aromatic heterocycles. The van der Waals surface area contributed by atoms with E-state index in [1.54, 1.807) is 17.7 Å². The molecule has 25 heavy (non-hydrogen) atoms. The van der Waals surface area contributed by atoms with Crippen molar-refractivity contribution in [2.24, 2.45) is 0 Å². The minimum Gasteiger partial charge on any atom is -0.461 e. The number of esters is 1. The van der Waals surface area contributed by atoms with Crippen LogP contribution in [-0.2, 0) is 4.74 Å². The summed E-state index contributed by atoms with van der Waals surface area (Å²) >= 11 is 0. The first-order valence-corrected chi connectivity index (χ1v) is 8.08. The van der Waals surface area contributed by atoms with Crippen molar-refractivity contribution in [3.8, 4) is 17.1 Å². The zero-order chi connectivity index (χ0) is 17.2. The smallest absolute Gasteiger partial charge is 0.358 e. The summed E-state index contributed by atoms with van der Waals surface area (Å²) < 4.78 is 12.7. The van der Waals surface area contributed by atoms with Crippen LogP contribution in [-0.4, -0.2) is 22.4 Å². The van der Waals surface area contributed by atoms with Crippen molar-refractivity contribution >= 4 is 16.9 Å². The minimum absolute atomic E-state index is 0.251. The first-order chi connectivity index (χ1) is 12.3. The summed E-state index contributed by atoms with van der Waals surface area (Å²) in [6, 6.07) is 21.0. The van der Waals surface area contributed by atoms with Gasteiger partial charge in [0.1, 0.15) is 11.3 Å². The van der Waals surface area contributed by atoms with Gasteiger partial charge in [-0.05, 0) is 31.2 Å². The highest BCUT2D eigenvalue weighted by atomic mass is 16.5. The van der Waals surface area contributed by atoms with Crippen LogP contribution in [0, 0.1) is 0 Å². The van der Waals surface area contributed by atoms with Crippen LogP contribution < -0.4 is 0 Å². The van der Waals surface area contributed by atoms with E-state index in [1.807, 2.05) is 60.7 Å². The number of aromatic nitrogens is 2. The summed E-state index contributed by atoms with van der Waals surface area (Å²) in [5.74, 6) is 0.197. The maximum absolute atomic E-state index is 12.1. The van der Waals surface area contributed by atoms with Crippen LogP contribution in [0.3, 0.4) is 0 Å². The Bertz CT molecular complexity index is 998. The Morgan fingerprint density at radius 2 is 1.84 bits per heavy atom. The van der Waals surface area contributed by atoms with Crippen molar-refractivity contribution in [3.05, 3.63) is 72.4 Å². The second-order valence-corrected chi connectivity index (χ2v) is 5.53. The van der Waals surface area contributed by atoms with E-state index in [-0.39, 0.29) is 5.69 Å². The van der Waals surface area contributed by atoms with Gasteiger partial charge in [0.15, 0.2) is 11.5 Å². The van der Waals surface area contributed by atoms with Gasteiger partial charge in [-0.25, -0.2) is 9.48 Å². The number of furan rings is 1. The molecule has 0 bridgehead atoms. The number of benzene rings is 2. The second kappa shape index (κ2) is 6.28. The third kappa shape index (κ3) is 2.80. The number of ether oxygens (including phenoxy) is 1. The quantitative estimate of drug-likeness (QED) is 0.518. The molecule has 0 amide bonds. The fourth-order valence-corrected chi connectivity index (χ4v) is 2.74. The first-order valence-electron chi connectivity index (χ1n) is 8.08. The molecule has 0 spiro atoms. The summed E-state index contributed by atoms with van der Waals surface area (Å²) in [6.07, 6.45) is 0. The molecule has 0 unspecified atom stereocenters. The number of hydrogen-bond donors (Lipinski definition) is 0. The SMILES string of the molecule is CCOC(=O)c1cc(-c2cc3ccccc3o2)n(-c2ccccc2)n1. The van der Waals surface area contributed by atoms with Crippen molar-refractivity contribution in [2.75, 3.05) is 6.61 Å². The maximum Gasteiger partial charge on any atom is 0.358 e. The van der Waals surface area contributed by atoms with E-state index in [4.69, 9.17) is 9.15 Å². The largest absolute Gasteiger partial charge is 0.461 e. The number of rotatable bonds is 4. The van der Waals surface area contributed by atoms with Crippen LogP contribution in [0.25, 0.3) is 28.1 Å². The molecule has 5 heteroatoms. The maximum atomic E-state index is 12.1. The molecule has 0 saturated carbocycles. The molecule has 4 aromatic rings. The lowest BCUT2D eigenvalue weighted by Crippen LogP contribution is -2.06. The lowest BCUT2D eigenvalue weighted by Gasteiger charge is -2.04. The number of carbonyl (C=O) groups is 1. The molecule has 124 valence electrons. The fourth-order valence-electron chi connectivity index (χ4n) is 2.74. The molecular weight excluding hydrogens is 316 g/mol. The van der Waals surface area contributed by atoms with Crippen molar-refractivity contribution in [1.29, 1.82) is 0 Å². The van der Waals surface area contributed by atoms with Gasteiger partial charge in [0.05, 0.1) is 12.3 Å². The molecule has 0 aliphatic carbocycles. The fraction of sp³-hybridized carbons (Fsp3) is 0.100. The number of fused-ring (bicyclic) bond motifs is 1. The van der Waals surface area contributed by atoms with Crippen molar-refractivity contribution < 1.29 is 13.9 Å². The van der Waals surface area contributed by atoms with Crippen molar-refractivity contribution in [3.63, 3.8) is 0 Å². The third-order valence-corrected chi connectivity index (χ3v) is 3.87. The monoisotopic (exact) mass is 332 g/mol. The Morgan fingerprint density at radius 1 is 1.08 bits per heavy atom. The van der Waals surface area contributed by atoms with E-state index in [0.717, 1.165) is 16.7 Å². The van der Waals surface area contributed by atoms with Gasteiger partial charge in [0.25, 0.3) is 0 Å². The van der Waals surface area contributed by atoms with Gasteiger partial charge >= 0.3 is 5.97 Å². The minimum atomic E-state index is -0.449. The van der Waals surface area contributed by atoms with Gasteiger partial charge in [-0.1, -0.05) is 36.4 Å². The lowest BCUT2D eigenvalue weighted by atomic mass is 10.2. The zero-order valence-electron chi connectivity index (χ0n) is 13.7. The summed E-state index contributed by atoms with van der Waals surface area (Å²) in [6.45, 7) is 2.07. The van der Waals surface area contributed by atoms with Gasteiger partial charge in [0.2, 0.25) is 0 Å². The molecule has 0 N–H and O–H groups in total. The number of para-hydroxylation sites is 2. The van der Waals surface area contributed by atoms with Gasteiger partial charge in [0, 0.05) is 11.5 Å². The van der Waals surface area contributed by atoms with Crippen molar-refractivity contribution in [2.45, 2.75) is 6.92 Å². The Kier molecular flexibility index (Phi) is 3.82. The molecule has 0 atom stereocenters. The van der Waals surface area contributed by atoms with Gasteiger partial charge in [-0.2, -0.15) is 5.10 Å². The first kappa shape index (κ1) is 15.2. The van der Waals surface area contributed by atoms with E-state index in [0.29, 0.717) is 18.1 Å². The summed E-state index contributed by atoms with van der Waals surface area (Å²) in [5.41, 5.74) is 2.58. The molecule has 0 radical (unpaired) electrons. The standard InChI is InChI=1S/C20H16N2O3/c1-2-24-20(23)16-13-17(22(21-16)15-9-4-3-5-10-15)19-12-14-8-6-7-11-18(14)25-19/h3-13H,2H2,1H3. The zero-order valence-corrected chi connectivity index (χ0v) is 13.7. The number of hydrogen-bond acceptors (Lipinski definition) is 4. The Morgan fingerprint density at radius 3 is 2.60 bits per heavy atom. The van der Waals surface area contributed by atoms with Crippen LogP contribution in [0.5, 0.6) is 0 Å². The van der Waals surface area contributed by atoms with Crippen LogP contribution in [0.15, 0.2) is 71.1 Å². The van der Waals surface area contributed by atoms with E-state index < -0.39 is 5.97 Å². The average Bonchev–Trinajstić information content (AvgIpc) is 3.27. The van der Waals surface area contributed by atoms with Gasteiger partial charge in [-0.3, -0.25) is 0 Å². The molecule has 4 rings (SSSR count). The molecular formula is C20H16N2O3. The summed E-state index contributed by atoms with van der Waals surface area (Å²) in [5, 5.41) is 5.42. The number of nitrogens with zero attached hydrogens (tertiary/aromatic N) is 2. The highest BCUT2D eigenvalue weighted by molar-refractivity contribution is 5.89. The van der Waals surface area contributed by atoms with Crippen molar-refractivity contribution in [1.82, 2.24) is 9.78 Å². The molecule has 0 aliphatic rings. The van der Waals surface area contributed by atoms with Crippen LogP contribution >= 0.6 is 0 Å². The Hall–Kier alpha value is -3.34. The highest BCUT2D eigenvalue weighted by Gasteiger charge is 2.19. The van der Waals surface area contributed by atoms with E-state index >= 15 is 0 Å². The summed E-state index contributed by atoms with van der Waals surface area (Å²) in [4.78, 5) is 12.1. The van der Waals surface area contributed by atoms with Gasteiger partial charge < -0.3 is 9.15 Å². The lowest BCUT2D eigenvalue weighted by molar-refractivity contribution is 0.0519. The average molecular weight is 332 g/mol. The van der Waals surface area contributed by atoms with Gasteiger partial charge in [-0.15, -0.1) is 0 Å². The molecule has 0 aliphatic heterocycles.